The van der Waals surface area contributed by atoms with Crippen LogP contribution in [0.4, 0.5) is 0 Å². The third-order valence-electron chi connectivity index (χ3n) is 1.58. The summed E-state index contributed by atoms with van der Waals surface area (Å²) >= 11 is 0. The quantitative estimate of drug-likeness (QED) is 0.266. The predicted octanol–water partition coefficient (Wildman–Crippen LogP) is -4.60. The van der Waals surface area contributed by atoms with Gasteiger partial charge in [-0.3, -0.25) is 9.59 Å². The van der Waals surface area contributed by atoms with Crippen LogP contribution in [0.15, 0.2) is 0 Å². The molecule has 4 atom stereocenters. The molecule has 0 aliphatic rings. The van der Waals surface area contributed by atoms with E-state index < -0.39 is 36.2 Å². The highest BCUT2D eigenvalue weighted by Gasteiger charge is 2.35. The van der Waals surface area contributed by atoms with Crippen LogP contribution in [0.2, 0.25) is 0 Å². The smallest absolute Gasteiger partial charge is 0.249 e. The molecule has 2 amide bonds. The van der Waals surface area contributed by atoms with E-state index >= 15 is 0 Å². The standard InChI is InChI=1S/C6H12N2O6/c7-5(13)3(11)1(9)2(10)4(12)6(8)14/h1-4,9-12H,(H2,7,13)(H2,8,14)/t1-,2+,3-,4+. The van der Waals surface area contributed by atoms with Crippen LogP contribution >= 0.6 is 0 Å². The van der Waals surface area contributed by atoms with Crippen LogP contribution in [-0.4, -0.2) is 56.7 Å². The van der Waals surface area contributed by atoms with E-state index in [-0.39, 0.29) is 0 Å². The minimum Gasteiger partial charge on any atom is -0.387 e. The van der Waals surface area contributed by atoms with Gasteiger partial charge in [0.05, 0.1) is 0 Å². The van der Waals surface area contributed by atoms with Crippen LogP contribution in [0, 0.1) is 0 Å². The fraction of sp³-hybridized carbons (Fsp3) is 0.667. The van der Waals surface area contributed by atoms with Gasteiger partial charge in [0.1, 0.15) is 12.2 Å². The van der Waals surface area contributed by atoms with Gasteiger partial charge in [0.2, 0.25) is 11.8 Å². The number of carbonyl (C=O) groups is 2. The lowest BCUT2D eigenvalue weighted by atomic mass is 10.0. The summed E-state index contributed by atoms with van der Waals surface area (Å²) < 4.78 is 0. The number of aliphatic hydroxyl groups is 4. The Balaban J connectivity index is 4.45. The largest absolute Gasteiger partial charge is 0.387 e. The summed E-state index contributed by atoms with van der Waals surface area (Å²) in [5.74, 6) is -2.60. The van der Waals surface area contributed by atoms with E-state index in [2.05, 4.69) is 11.5 Å². The highest BCUT2D eigenvalue weighted by molar-refractivity contribution is 5.81. The van der Waals surface area contributed by atoms with Crippen LogP contribution < -0.4 is 11.5 Å². The molecule has 0 saturated carbocycles. The molecule has 8 nitrogen and oxygen atoms in total. The molecule has 0 aromatic heterocycles. The maximum absolute atomic E-state index is 10.3. The van der Waals surface area contributed by atoms with E-state index in [1.807, 2.05) is 0 Å². The number of aliphatic hydroxyl groups excluding tert-OH is 4. The Morgan fingerprint density at radius 3 is 1.14 bits per heavy atom. The molecule has 0 aliphatic carbocycles. The summed E-state index contributed by atoms with van der Waals surface area (Å²) in [6, 6.07) is 0. The van der Waals surface area contributed by atoms with Gasteiger partial charge in [-0.15, -0.1) is 0 Å². The fourth-order valence-electron chi connectivity index (χ4n) is 0.710. The molecule has 0 aromatic rings. The number of nitrogens with two attached hydrogens (primary N) is 2. The summed E-state index contributed by atoms with van der Waals surface area (Å²) in [7, 11) is 0. The van der Waals surface area contributed by atoms with Crippen LogP contribution in [0.1, 0.15) is 0 Å². The van der Waals surface area contributed by atoms with Gasteiger partial charge in [-0.1, -0.05) is 0 Å². The van der Waals surface area contributed by atoms with Crippen LogP contribution in [0.25, 0.3) is 0 Å². The molecule has 8 N–H and O–H groups in total. The van der Waals surface area contributed by atoms with E-state index in [4.69, 9.17) is 20.4 Å². The molecule has 82 valence electrons. The van der Waals surface area contributed by atoms with E-state index in [9.17, 15) is 9.59 Å². The summed E-state index contributed by atoms with van der Waals surface area (Å²) in [5.41, 5.74) is 9.19. The van der Waals surface area contributed by atoms with E-state index in [1.54, 1.807) is 0 Å². The van der Waals surface area contributed by atoms with Gasteiger partial charge in [0, 0.05) is 0 Å². The molecule has 0 radical (unpaired) electrons. The second kappa shape index (κ2) is 4.86. The van der Waals surface area contributed by atoms with Gasteiger partial charge in [0.25, 0.3) is 0 Å². The van der Waals surface area contributed by atoms with Crippen LogP contribution in [-0.2, 0) is 9.59 Å². The highest BCUT2D eigenvalue weighted by atomic mass is 16.4. The highest BCUT2D eigenvalue weighted by Crippen LogP contribution is 2.04. The maximum atomic E-state index is 10.3. The van der Waals surface area contributed by atoms with Gasteiger partial charge >= 0.3 is 0 Å². The van der Waals surface area contributed by atoms with Crippen LogP contribution in [0.5, 0.6) is 0 Å². The van der Waals surface area contributed by atoms with E-state index in [0.717, 1.165) is 0 Å². The first kappa shape index (κ1) is 12.8. The molecule has 0 aromatic carbocycles. The van der Waals surface area contributed by atoms with E-state index in [0.29, 0.717) is 0 Å². The second-order valence-corrected chi connectivity index (χ2v) is 2.68. The molecular weight excluding hydrogens is 196 g/mol. The molecule has 14 heavy (non-hydrogen) atoms. The monoisotopic (exact) mass is 208 g/mol. The van der Waals surface area contributed by atoms with Crippen molar-refractivity contribution in [3.8, 4) is 0 Å². The number of hydrogen-bond donors (Lipinski definition) is 6. The first-order valence-corrected chi connectivity index (χ1v) is 3.60. The molecule has 0 bridgehead atoms. The Morgan fingerprint density at radius 1 is 0.786 bits per heavy atom. The first-order valence-electron chi connectivity index (χ1n) is 3.60. The summed E-state index contributed by atoms with van der Waals surface area (Å²) in [5, 5.41) is 35.7. The molecule has 0 saturated heterocycles. The van der Waals surface area contributed by atoms with Crippen molar-refractivity contribution >= 4 is 11.8 Å². The molecule has 0 aliphatic heterocycles. The number of hydrogen-bond acceptors (Lipinski definition) is 6. The summed E-state index contributed by atoms with van der Waals surface area (Å²) in [6.45, 7) is 0. The van der Waals surface area contributed by atoms with Crippen LogP contribution in [0.3, 0.4) is 0 Å². The Morgan fingerprint density at radius 2 is 1.00 bits per heavy atom. The second-order valence-electron chi connectivity index (χ2n) is 2.68. The molecule has 0 fully saturated rings. The Hall–Kier alpha value is -1.22. The first-order chi connectivity index (χ1) is 6.29. The molecule has 0 spiro atoms. The van der Waals surface area contributed by atoms with Crippen molar-refractivity contribution in [1.82, 2.24) is 0 Å². The third-order valence-corrected chi connectivity index (χ3v) is 1.58. The molecular formula is C6H12N2O6. The fourth-order valence-corrected chi connectivity index (χ4v) is 0.710. The SMILES string of the molecule is NC(=O)[C@@H](O)[C@@H](O)[C@@H](O)[C@@H](O)C(N)=O. The van der Waals surface area contributed by atoms with Gasteiger partial charge in [-0.05, 0) is 0 Å². The average molecular weight is 208 g/mol. The van der Waals surface area contributed by atoms with Crippen molar-refractivity contribution in [2.45, 2.75) is 24.4 Å². The zero-order valence-electron chi connectivity index (χ0n) is 7.07. The minimum atomic E-state index is -2.08. The van der Waals surface area contributed by atoms with Crippen molar-refractivity contribution in [3.05, 3.63) is 0 Å². The number of carbonyl (C=O) groups excluding carboxylic acids is 2. The van der Waals surface area contributed by atoms with Gasteiger partial charge in [-0.25, -0.2) is 0 Å². The van der Waals surface area contributed by atoms with Crippen molar-refractivity contribution in [2.75, 3.05) is 0 Å². The zero-order chi connectivity index (χ0) is 11.5. The number of rotatable bonds is 5. The van der Waals surface area contributed by atoms with Crippen molar-refractivity contribution < 1.29 is 30.0 Å². The normalized spacial score (nSPS) is 19.4. The summed E-state index contributed by atoms with van der Waals surface area (Å²) in [4.78, 5) is 20.7. The van der Waals surface area contributed by atoms with E-state index in [1.165, 1.54) is 0 Å². The van der Waals surface area contributed by atoms with Gasteiger partial charge < -0.3 is 31.9 Å². The molecule has 0 unspecified atom stereocenters. The van der Waals surface area contributed by atoms with Crippen molar-refractivity contribution in [3.63, 3.8) is 0 Å². The molecule has 8 heteroatoms. The topological polar surface area (TPSA) is 167 Å². The molecule has 0 heterocycles. The summed E-state index contributed by atoms with van der Waals surface area (Å²) in [6.07, 6.45) is -8.32. The molecule has 0 rings (SSSR count). The third kappa shape index (κ3) is 2.92. The zero-order valence-corrected chi connectivity index (χ0v) is 7.07. The predicted molar refractivity (Wildman–Crippen MR) is 42.4 cm³/mol. The van der Waals surface area contributed by atoms with Crippen molar-refractivity contribution in [2.24, 2.45) is 11.5 Å². The van der Waals surface area contributed by atoms with Gasteiger partial charge in [-0.2, -0.15) is 0 Å². The Bertz CT molecular complexity index is 208. The maximum Gasteiger partial charge on any atom is 0.249 e. The number of amides is 2. The lowest BCUT2D eigenvalue weighted by molar-refractivity contribution is -0.152. The van der Waals surface area contributed by atoms with Crippen molar-refractivity contribution in [1.29, 1.82) is 0 Å². The number of primary amides is 2. The lowest BCUT2D eigenvalue weighted by Gasteiger charge is -2.22. The lowest BCUT2D eigenvalue weighted by Crippen LogP contribution is -2.52. The minimum absolute atomic E-state index is 1.30. The van der Waals surface area contributed by atoms with Gasteiger partial charge in [0.15, 0.2) is 12.2 Å². The Labute approximate surface area is 78.7 Å². The Kier molecular flexibility index (Phi) is 4.44. The average Bonchev–Trinajstić information content (AvgIpc) is 2.12.